The summed E-state index contributed by atoms with van der Waals surface area (Å²) in [6, 6.07) is -0.853. The third-order valence-corrected chi connectivity index (χ3v) is 1.38. The van der Waals surface area contributed by atoms with Gasteiger partial charge in [0.1, 0.15) is 12.4 Å². The molecule has 3 N–H and O–H groups in total. The van der Waals surface area contributed by atoms with Crippen molar-refractivity contribution >= 4 is 5.97 Å². The van der Waals surface area contributed by atoms with Gasteiger partial charge in [0.25, 0.3) is 0 Å². The van der Waals surface area contributed by atoms with Crippen molar-refractivity contribution in [3.8, 4) is 0 Å². The number of carbonyl (C=O) groups is 1. The van der Waals surface area contributed by atoms with Crippen LogP contribution < -0.4 is 5.73 Å². The van der Waals surface area contributed by atoms with E-state index >= 15 is 0 Å². The second-order valence-corrected chi connectivity index (χ2v) is 2.31. The summed E-state index contributed by atoms with van der Waals surface area (Å²) in [5.74, 6) is -1.01. The maximum absolute atomic E-state index is 10.3. The Kier molecular flexibility index (Phi) is 2.70. The molecule has 1 unspecified atom stereocenters. The smallest absolute Gasteiger partial charge is 0.320 e. The summed E-state index contributed by atoms with van der Waals surface area (Å²) < 4.78 is 1.43. The zero-order valence-electron chi connectivity index (χ0n) is 6.29. The molecule has 0 aromatic carbocycles. The summed E-state index contributed by atoms with van der Waals surface area (Å²) in [4.78, 5) is 10.3. The van der Waals surface area contributed by atoms with Crippen LogP contribution in [0.4, 0.5) is 0 Å². The van der Waals surface area contributed by atoms with Crippen molar-refractivity contribution in [2.75, 3.05) is 0 Å². The maximum Gasteiger partial charge on any atom is 0.320 e. The lowest BCUT2D eigenvalue weighted by Crippen LogP contribution is -2.31. The van der Waals surface area contributed by atoms with Crippen molar-refractivity contribution in [1.82, 2.24) is 20.2 Å². The van der Waals surface area contributed by atoms with E-state index in [1.165, 1.54) is 11.0 Å². The molecule has 66 valence electrons. The fourth-order valence-electron chi connectivity index (χ4n) is 0.678. The average Bonchev–Trinajstić information content (AvgIpc) is 2.51. The van der Waals surface area contributed by atoms with E-state index in [0.29, 0.717) is 13.0 Å². The zero-order valence-corrected chi connectivity index (χ0v) is 6.29. The standard InChI is InChI=1S/C5H9N5O2/c6-4(5(11)12)1-2-10-3-7-8-9-10/h3-4H,1-2,6H2,(H,11,12). The summed E-state index contributed by atoms with van der Waals surface area (Å²) in [7, 11) is 0. The van der Waals surface area contributed by atoms with Gasteiger partial charge in [-0.15, -0.1) is 5.10 Å². The van der Waals surface area contributed by atoms with Gasteiger partial charge in [-0.1, -0.05) is 0 Å². The summed E-state index contributed by atoms with van der Waals surface area (Å²) in [6.45, 7) is 0.417. The number of aromatic nitrogens is 4. The summed E-state index contributed by atoms with van der Waals surface area (Å²) in [5.41, 5.74) is 5.25. The number of tetrazole rings is 1. The van der Waals surface area contributed by atoms with E-state index in [4.69, 9.17) is 10.8 Å². The van der Waals surface area contributed by atoms with Crippen molar-refractivity contribution in [1.29, 1.82) is 0 Å². The van der Waals surface area contributed by atoms with Crippen LogP contribution in [-0.4, -0.2) is 37.3 Å². The van der Waals surface area contributed by atoms with Crippen LogP contribution in [0.2, 0.25) is 0 Å². The quantitative estimate of drug-likeness (QED) is 0.569. The van der Waals surface area contributed by atoms with Crippen LogP contribution in [0.3, 0.4) is 0 Å². The van der Waals surface area contributed by atoms with E-state index in [-0.39, 0.29) is 0 Å². The maximum atomic E-state index is 10.3. The van der Waals surface area contributed by atoms with Gasteiger partial charge in [0.15, 0.2) is 0 Å². The number of rotatable bonds is 4. The molecule has 1 atom stereocenters. The molecule has 0 radical (unpaired) electrons. The average molecular weight is 171 g/mol. The second kappa shape index (κ2) is 3.77. The van der Waals surface area contributed by atoms with Gasteiger partial charge >= 0.3 is 5.97 Å². The van der Waals surface area contributed by atoms with Gasteiger partial charge in [0.2, 0.25) is 0 Å². The van der Waals surface area contributed by atoms with Crippen molar-refractivity contribution in [3.05, 3.63) is 6.33 Å². The minimum Gasteiger partial charge on any atom is -0.480 e. The molecule has 0 saturated carbocycles. The van der Waals surface area contributed by atoms with Crippen LogP contribution in [0.5, 0.6) is 0 Å². The van der Waals surface area contributed by atoms with Gasteiger partial charge in [0, 0.05) is 6.54 Å². The first kappa shape index (κ1) is 8.60. The fraction of sp³-hybridized carbons (Fsp3) is 0.600. The van der Waals surface area contributed by atoms with Gasteiger partial charge < -0.3 is 10.8 Å². The van der Waals surface area contributed by atoms with E-state index in [9.17, 15) is 4.79 Å². The number of aryl methyl sites for hydroxylation is 1. The lowest BCUT2D eigenvalue weighted by atomic mass is 10.2. The molecule has 0 aliphatic rings. The molecule has 0 spiro atoms. The lowest BCUT2D eigenvalue weighted by Gasteiger charge is -2.03. The molecule has 1 aromatic heterocycles. The van der Waals surface area contributed by atoms with Crippen molar-refractivity contribution in [2.24, 2.45) is 5.73 Å². The third kappa shape index (κ3) is 2.27. The number of hydrogen-bond donors (Lipinski definition) is 2. The topological polar surface area (TPSA) is 107 Å². The molecule has 12 heavy (non-hydrogen) atoms. The third-order valence-electron chi connectivity index (χ3n) is 1.38. The van der Waals surface area contributed by atoms with Crippen molar-refractivity contribution < 1.29 is 9.90 Å². The summed E-state index contributed by atoms with van der Waals surface area (Å²) in [6.07, 6.45) is 1.73. The molecule has 1 heterocycles. The first-order valence-corrected chi connectivity index (χ1v) is 3.39. The molecule has 7 heteroatoms. The van der Waals surface area contributed by atoms with Gasteiger partial charge in [-0.3, -0.25) is 4.79 Å². The molecule has 0 amide bonds. The van der Waals surface area contributed by atoms with E-state index in [1.54, 1.807) is 0 Å². The van der Waals surface area contributed by atoms with Gasteiger partial charge in [-0.05, 0) is 16.8 Å². The van der Waals surface area contributed by atoms with E-state index in [2.05, 4.69) is 15.5 Å². The van der Waals surface area contributed by atoms with Crippen molar-refractivity contribution in [2.45, 2.75) is 19.0 Å². The number of nitrogens with two attached hydrogens (primary N) is 1. The predicted octanol–water partition coefficient (Wildman–Crippen LogP) is -1.52. The first-order chi connectivity index (χ1) is 5.70. The SMILES string of the molecule is NC(CCn1cnnn1)C(=O)O. The normalized spacial score (nSPS) is 12.8. The lowest BCUT2D eigenvalue weighted by molar-refractivity contribution is -0.138. The first-order valence-electron chi connectivity index (χ1n) is 3.39. The highest BCUT2D eigenvalue weighted by molar-refractivity contribution is 5.72. The Hall–Kier alpha value is -1.50. The Balaban J connectivity index is 2.31. The van der Waals surface area contributed by atoms with Crippen LogP contribution in [0, 0.1) is 0 Å². The fourth-order valence-corrected chi connectivity index (χ4v) is 0.678. The Morgan fingerprint density at radius 1 is 1.75 bits per heavy atom. The predicted molar refractivity (Wildman–Crippen MR) is 38.0 cm³/mol. The zero-order chi connectivity index (χ0) is 8.97. The highest BCUT2D eigenvalue weighted by atomic mass is 16.4. The Morgan fingerprint density at radius 3 is 3.00 bits per heavy atom. The minimum absolute atomic E-state index is 0.320. The molecule has 0 saturated heterocycles. The highest BCUT2D eigenvalue weighted by Gasteiger charge is 2.10. The van der Waals surface area contributed by atoms with Gasteiger partial charge in [0.05, 0.1) is 0 Å². The summed E-state index contributed by atoms with van der Waals surface area (Å²) in [5, 5.41) is 18.8. The van der Waals surface area contributed by atoms with E-state index in [0.717, 1.165) is 0 Å². The number of carboxylic acid groups (broad SMARTS) is 1. The van der Waals surface area contributed by atoms with Crippen LogP contribution in [0.1, 0.15) is 6.42 Å². The molecule has 1 rings (SSSR count). The second-order valence-electron chi connectivity index (χ2n) is 2.31. The minimum atomic E-state index is -1.01. The van der Waals surface area contributed by atoms with Crippen LogP contribution >= 0.6 is 0 Å². The van der Waals surface area contributed by atoms with Crippen LogP contribution in [0.25, 0.3) is 0 Å². The number of nitrogens with zero attached hydrogens (tertiary/aromatic N) is 4. The Labute approximate surface area is 68.2 Å². The Bertz CT molecular complexity index is 246. The monoisotopic (exact) mass is 171 g/mol. The van der Waals surface area contributed by atoms with Crippen LogP contribution in [-0.2, 0) is 11.3 Å². The number of carboxylic acids is 1. The number of aliphatic carboxylic acids is 1. The van der Waals surface area contributed by atoms with Gasteiger partial charge in [-0.2, -0.15) is 0 Å². The molecule has 7 nitrogen and oxygen atoms in total. The molecular formula is C5H9N5O2. The molecule has 1 aromatic rings. The highest BCUT2D eigenvalue weighted by Crippen LogP contribution is 1.91. The van der Waals surface area contributed by atoms with E-state index in [1.807, 2.05) is 0 Å². The molecule has 0 aliphatic carbocycles. The molecule has 0 fully saturated rings. The van der Waals surface area contributed by atoms with E-state index < -0.39 is 12.0 Å². The largest absolute Gasteiger partial charge is 0.480 e. The number of hydrogen-bond acceptors (Lipinski definition) is 5. The molecule has 0 aliphatic heterocycles. The summed E-state index contributed by atoms with van der Waals surface area (Å²) >= 11 is 0. The van der Waals surface area contributed by atoms with Crippen LogP contribution in [0.15, 0.2) is 6.33 Å². The molecule has 0 bridgehead atoms. The Morgan fingerprint density at radius 2 is 2.50 bits per heavy atom. The van der Waals surface area contributed by atoms with Gasteiger partial charge in [-0.25, -0.2) is 4.68 Å². The van der Waals surface area contributed by atoms with Crippen molar-refractivity contribution in [3.63, 3.8) is 0 Å². The molecular weight excluding hydrogens is 162 g/mol.